The van der Waals surface area contributed by atoms with Crippen molar-refractivity contribution >= 4 is 23.2 Å². The van der Waals surface area contributed by atoms with E-state index in [1.54, 1.807) is 0 Å². The van der Waals surface area contributed by atoms with Crippen LogP contribution in [-0.2, 0) is 9.59 Å². The van der Waals surface area contributed by atoms with Crippen molar-refractivity contribution in [2.24, 2.45) is 5.10 Å². The van der Waals surface area contributed by atoms with Crippen molar-refractivity contribution in [1.82, 2.24) is 5.43 Å². The number of aryl methyl sites for hydroxylation is 2. The van der Waals surface area contributed by atoms with Crippen LogP contribution in [0.1, 0.15) is 55.7 Å². The Morgan fingerprint density at radius 1 is 0.893 bits per heavy atom. The number of benzene rings is 2. The van der Waals surface area contributed by atoms with Crippen LogP contribution in [0.5, 0.6) is 0 Å². The molecule has 0 saturated carbocycles. The third-order valence-electron chi connectivity index (χ3n) is 4.56. The fraction of sp³-hybridized carbons (Fsp3) is 0.348. The van der Waals surface area contributed by atoms with Gasteiger partial charge in [0.1, 0.15) is 0 Å². The summed E-state index contributed by atoms with van der Waals surface area (Å²) in [7, 11) is 0. The maximum atomic E-state index is 12.1. The molecule has 0 spiro atoms. The molecule has 0 heterocycles. The molecule has 2 aromatic rings. The zero-order valence-electron chi connectivity index (χ0n) is 16.9. The van der Waals surface area contributed by atoms with Gasteiger partial charge in [-0.25, -0.2) is 5.43 Å². The molecule has 5 heteroatoms. The van der Waals surface area contributed by atoms with E-state index in [2.05, 4.69) is 22.8 Å². The highest BCUT2D eigenvalue weighted by atomic mass is 16.2. The van der Waals surface area contributed by atoms with Gasteiger partial charge in [-0.15, -0.1) is 0 Å². The predicted octanol–water partition coefficient (Wildman–Crippen LogP) is 4.73. The monoisotopic (exact) mass is 379 g/mol. The zero-order chi connectivity index (χ0) is 20.4. The topological polar surface area (TPSA) is 70.6 Å². The highest BCUT2D eigenvalue weighted by Crippen LogP contribution is 2.14. The van der Waals surface area contributed by atoms with Gasteiger partial charge in [-0.3, -0.25) is 9.59 Å². The van der Waals surface area contributed by atoms with Crippen LogP contribution < -0.4 is 10.7 Å². The van der Waals surface area contributed by atoms with E-state index in [1.165, 1.54) is 5.56 Å². The van der Waals surface area contributed by atoms with Gasteiger partial charge in [-0.2, -0.15) is 5.10 Å². The van der Waals surface area contributed by atoms with E-state index in [4.69, 9.17) is 0 Å². The van der Waals surface area contributed by atoms with E-state index in [0.29, 0.717) is 0 Å². The Hall–Kier alpha value is -2.95. The average Bonchev–Trinajstić information content (AvgIpc) is 2.70. The molecule has 0 aliphatic carbocycles. The normalized spacial score (nSPS) is 11.2. The first kappa shape index (κ1) is 21.4. The van der Waals surface area contributed by atoms with Crippen LogP contribution in [0.2, 0.25) is 0 Å². The molecular weight excluding hydrogens is 350 g/mol. The molecule has 0 aromatic heterocycles. The number of carbonyl (C=O) groups excluding carboxylic acids is 2. The molecule has 28 heavy (non-hydrogen) atoms. The second-order valence-corrected chi connectivity index (χ2v) is 6.91. The molecule has 0 bridgehead atoms. The smallest absolute Gasteiger partial charge is 0.240 e. The number of anilines is 1. The summed E-state index contributed by atoms with van der Waals surface area (Å²) in [5, 5.41) is 7.13. The van der Waals surface area contributed by atoms with Crippen LogP contribution >= 0.6 is 0 Å². The first-order chi connectivity index (χ1) is 13.5. The van der Waals surface area contributed by atoms with Crippen molar-refractivity contribution in [2.75, 3.05) is 5.32 Å². The number of amides is 2. The number of hydrogen-bond acceptors (Lipinski definition) is 3. The number of unbranched alkanes of at least 4 members (excludes halogenated alkanes) is 1. The molecule has 0 radical (unpaired) electrons. The van der Waals surface area contributed by atoms with Crippen LogP contribution in [-0.4, -0.2) is 17.5 Å². The number of hydrazone groups is 1. The van der Waals surface area contributed by atoms with Crippen LogP contribution in [0, 0.1) is 13.8 Å². The summed E-state index contributed by atoms with van der Waals surface area (Å²) in [4.78, 5) is 24.2. The molecular formula is C23H29N3O2. The lowest BCUT2D eigenvalue weighted by molar-refractivity contribution is -0.124. The Bertz CT molecular complexity index is 829. The van der Waals surface area contributed by atoms with E-state index in [9.17, 15) is 9.59 Å². The fourth-order valence-electron chi connectivity index (χ4n) is 2.70. The molecule has 2 rings (SSSR count). The summed E-state index contributed by atoms with van der Waals surface area (Å²) < 4.78 is 0. The van der Waals surface area contributed by atoms with Crippen molar-refractivity contribution in [3.8, 4) is 0 Å². The Balaban J connectivity index is 1.86. The molecule has 148 valence electrons. The van der Waals surface area contributed by atoms with Crippen LogP contribution in [0.15, 0.2) is 53.6 Å². The lowest BCUT2D eigenvalue weighted by atomic mass is 10.1. The van der Waals surface area contributed by atoms with Gasteiger partial charge in [-0.05, 0) is 55.5 Å². The number of nitrogens with zero attached hydrogens (tertiary/aromatic N) is 1. The van der Waals surface area contributed by atoms with Crippen LogP contribution in [0.25, 0.3) is 0 Å². The molecule has 0 unspecified atom stereocenters. The SMILES string of the molecule is CCCCC(=NNC(=O)CCC(=O)Nc1ccc(C)c(C)c1)c1ccccc1. The van der Waals surface area contributed by atoms with E-state index in [1.807, 2.05) is 62.4 Å². The molecule has 0 fully saturated rings. The molecule has 0 aliphatic heterocycles. The predicted molar refractivity (Wildman–Crippen MR) is 114 cm³/mol. The summed E-state index contributed by atoms with van der Waals surface area (Å²) in [6.07, 6.45) is 3.06. The first-order valence-electron chi connectivity index (χ1n) is 9.77. The minimum absolute atomic E-state index is 0.0933. The molecule has 2 aromatic carbocycles. The minimum atomic E-state index is -0.264. The number of rotatable bonds is 9. The van der Waals surface area contributed by atoms with Crippen LogP contribution in [0.3, 0.4) is 0 Å². The summed E-state index contributed by atoms with van der Waals surface area (Å²) in [6.45, 7) is 6.14. The zero-order valence-corrected chi connectivity index (χ0v) is 16.9. The van der Waals surface area contributed by atoms with Crippen molar-refractivity contribution in [2.45, 2.75) is 52.9 Å². The largest absolute Gasteiger partial charge is 0.326 e. The van der Waals surface area contributed by atoms with Gasteiger partial charge in [-0.1, -0.05) is 49.7 Å². The molecule has 2 amide bonds. The summed E-state index contributed by atoms with van der Waals surface area (Å²) in [6, 6.07) is 15.6. The van der Waals surface area contributed by atoms with Gasteiger partial charge in [0.15, 0.2) is 0 Å². The maximum absolute atomic E-state index is 12.1. The van der Waals surface area contributed by atoms with E-state index < -0.39 is 0 Å². The Morgan fingerprint density at radius 2 is 1.61 bits per heavy atom. The molecule has 0 saturated heterocycles. The van der Waals surface area contributed by atoms with E-state index in [0.717, 1.165) is 41.8 Å². The van der Waals surface area contributed by atoms with Gasteiger partial charge >= 0.3 is 0 Å². The fourth-order valence-corrected chi connectivity index (χ4v) is 2.70. The Morgan fingerprint density at radius 3 is 2.29 bits per heavy atom. The molecule has 2 N–H and O–H groups in total. The minimum Gasteiger partial charge on any atom is -0.326 e. The lowest BCUT2D eigenvalue weighted by Gasteiger charge is -2.08. The number of hydrogen-bond donors (Lipinski definition) is 2. The van der Waals surface area contributed by atoms with E-state index >= 15 is 0 Å². The molecule has 0 aliphatic rings. The number of carbonyl (C=O) groups is 2. The van der Waals surface area contributed by atoms with Crippen molar-refractivity contribution < 1.29 is 9.59 Å². The van der Waals surface area contributed by atoms with Gasteiger partial charge in [0.25, 0.3) is 0 Å². The highest BCUT2D eigenvalue weighted by Gasteiger charge is 2.09. The number of nitrogens with one attached hydrogen (secondary N) is 2. The highest BCUT2D eigenvalue weighted by molar-refractivity contribution is 6.01. The first-order valence-corrected chi connectivity index (χ1v) is 9.77. The van der Waals surface area contributed by atoms with Crippen molar-refractivity contribution in [1.29, 1.82) is 0 Å². The van der Waals surface area contributed by atoms with Crippen LogP contribution in [0.4, 0.5) is 5.69 Å². The Labute approximate surface area is 167 Å². The van der Waals surface area contributed by atoms with Gasteiger partial charge in [0.2, 0.25) is 11.8 Å². The quantitative estimate of drug-likeness (QED) is 0.488. The maximum Gasteiger partial charge on any atom is 0.240 e. The van der Waals surface area contributed by atoms with Gasteiger partial charge in [0, 0.05) is 18.5 Å². The third kappa shape index (κ3) is 6.99. The average molecular weight is 380 g/mol. The molecule has 0 atom stereocenters. The van der Waals surface area contributed by atoms with Gasteiger partial charge in [0.05, 0.1) is 5.71 Å². The van der Waals surface area contributed by atoms with E-state index in [-0.39, 0.29) is 24.7 Å². The summed E-state index contributed by atoms with van der Waals surface area (Å²) in [5.41, 5.74) is 7.49. The summed E-state index contributed by atoms with van der Waals surface area (Å²) >= 11 is 0. The third-order valence-corrected chi connectivity index (χ3v) is 4.56. The van der Waals surface area contributed by atoms with Crippen molar-refractivity contribution in [3.05, 3.63) is 65.2 Å². The standard InChI is InChI=1S/C23H29N3O2/c1-4-5-11-21(19-9-7-6-8-10-19)25-26-23(28)15-14-22(27)24-20-13-12-17(2)18(3)16-20/h6-10,12-13,16H,4-5,11,14-15H2,1-3H3,(H,24,27)(H,26,28). The Kier molecular flexibility index (Phi) is 8.40. The lowest BCUT2D eigenvalue weighted by Crippen LogP contribution is -2.22. The second-order valence-electron chi connectivity index (χ2n) is 6.91. The van der Waals surface area contributed by atoms with Gasteiger partial charge < -0.3 is 5.32 Å². The van der Waals surface area contributed by atoms with Crippen molar-refractivity contribution in [3.63, 3.8) is 0 Å². The summed E-state index contributed by atoms with van der Waals surface area (Å²) in [5.74, 6) is -0.447. The molecule has 5 nitrogen and oxygen atoms in total. The second kappa shape index (κ2) is 11.0.